The van der Waals surface area contributed by atoms with Crippen molar-refractivity contribution in [2.75, 3.05) is 17.7 Å². The van der Waals surface area contributed by atoms with E-state index in [2.05, 4.69) is 27.9 Å². The van der Waals surface area contributed by atoms with Gasteiger partial charge in [-0.15, -0.1) is 11.6 Å². The highest BCUT2D eigenvalue weighted by Crippen LogP contribution is 2.31. The van der Waals surface area contributed by atoms with Gasteiger partial charge < -0.3 is 10.4 Å². The third kappa shape index (κ3) is 4.15. The van der Waals surface area contributed by atoms with Crippen LogP contribution >= 0.6 is 57.4 Å². The number of halogens is 4. The van der Waals surface area contributed by atoms with Crippen molar-refractivity contribution in [2.45, 2.75) is 6.10 Å². The molecule has 0 amide bonds. The van der Waals surface area contributed by atoms with Crippen LogP contribution in [0.25, 0.3) is 0 Å². The Morgan fingerprint density at radius 1 is 1.40 bits per heavy atom. The summed E-state index contributed by atoms with van der Waals surface area (Å²) in [5, 5.41) is 13.4. The topological polar surface area (TPSA) is 32.3 Å². The second-order valence-electron chi connectivity index (χ2n) is 2.93. The number of anilines is 1. The molecule has 0 aromatic heterocycles. The molecule has 0 saturated carbocycles. The lowest BCUT2D eigenvalue weighted by Gasteiger charge is -2.13. The Kier molecular flexibility index (Phi) is 5.77. The van der Waals surface area contributed by atoms with Gasteiger partial charge in [-0.1, -0.05) is 23.2 Å². The van der Waals surface area contributed by atoms with Crippen molar-refractivity contribution in [1.29, 1.82) is 0 Å². The third-order valence-corrected chi connectivity index (χ3v) is 3.42. The zero-order chi connectivity index (χ0) is 11.4. The first-order valence-corrected chi connectivity index (χ1v) is 6.54. The molecule has 1 unspecified atom stereocenters. The molecule has 2 N–H and O–H groups in total. The minimum atomic E-state index is -0.589. The molecule has 0 bridgehead atoms. The first-order valence-electron chi connectivity index (χ1n) is 4.17. The standard InChI is InChI=1S/C9H9Cl3INO/c10-3-6(15)4-14-9-7(12)1-5(11)2-8(9)13/h1-2,6,14-15H,3-4H2. The van der Waals surface area contributed by atoms with E-state index < -0.39 is 6.10 Å². The molecule has 6 heteroatoms. The van der Waals surface area contributed by atoms with Crippen molar-refractivity contribution in [3.05, 3.63) is 25.7 Å². The highest BCUT2D eigenvalue weighted by Gasteiger charge is 2.08. The molecule has 1 aromatic carbocycles. The van der Waals surface area contributed by atoms with Crippen LogP contribution in [-0.2, 0) is 0 Å². The van der Waals surface area contributed by atoms with Crippen molar-refractivity contribution < 1.29 is 5.11 Å². The van der Waals surface area contributed by atoms with Gasteiger partial charge in [-0.3, -0.25) is 0 Å². The second-order valence-corrected chi connectivity index (χ2v) is 5.25. The second kappa shape index (κ2) is 6.35. The minimum absolute atomic E-state index is 0.189. The van der Waals surface area contributed by atoms with E-state index in [4.69, 9.17) is 34.8 Å². The molecule has 1 aromatic rings. The van der Waals surface area contributed by atoms with Gasteiger partial charge in [0.25, 0.3) is 0 Å². The predicted molar refractivity (Wildman–Crippen MR) is 74.4 cm³/mol. The lowest BCUT2D eigenvalue weighted by Crippen LogP contribution is -2.21. The molecule has 0 aliphatic carbocycles. The van der Waals surface area contributed by atoms with Gasteiger partial charge in [0.05, 0.1) is 22.7 Å². The van der Waals surface area contributed by atoms with E-state index >= 15 is 0 Å². The Morgan fingerprint density at radius 3 is 2.60 bits per heavy atom. The van der Waals surface area contributed by atoms with Gasteiger partial charge in [0, 0.05) is 15.1 Å². The Morgan fingerprint density at radius 2 is 2.07 bits per heavy atom. The van der Waals surface area contributed by atoms with Gasteiger partial charge in [0.1, 0.15) is 0 Å². The summed E-state index contributed by atoms with van der Waals surface area (Å²) in [7, 11) is 0. The third-order valence-electron chi connectivity index (χ3n) is 1.70. The monoisotopic (exact) mass is 379 g/mol. The number of aliphatic hydroxyl groups excluding tert-OH is 1. The lowest BCUT2D eigenvalue weighted by molar-refractivity contribution is 0.211. The van der Waals surface area contributed by atoms with Crippen molar-refractivity contribution >= 4 is 63.1 Å². The number of rotatable bonds is 4. The average Bonchev–Trinajstić information content (AvgIpc) is 2.15. The molecule has 1 rings (SSSR count). The normalized spacial score (nSPS) is 12.6. The number of hydrogen-bond donors (Lipinski definition) is 2. The molecule has 15 heavy (non-hydrogen) atoms. The molecule has 84 valence electrons. The molecule has 0 heterocycles. The summed E-state index contributed by atoms with van der Waals surface area (Å²) in [4.78, 5) is 0. The molecule has 0 fully saturated rings. The zero-order valence-electron chi connectivity index (χ0n) is 7.61. The smallest absolute Gasteiger partial charge is 0.0847 e. The van der Waals surface area contributed by atoms with Gasteiger partial charge in [0.2, 0.25) is 0 Å². The van der Waals surface area contributed by atoms with E-state index in [1.54, 1.807) is 12.1 Å². The summed E-state index contributed by atoms with van der Waals surface area (Å²) in [6, 6.07) is 3.45. The highest BCUT2D eigenvalue weighted by atomic mass is 127. The lowest BCUT2D eigenvalue weighted by atomic mass is 10.3. The summed E-state index contributed by atoms with van der Waals surface area (Å²) in [6.45, 7) is 0.362. The number of aliphatic hydroxyl groups is 1. The van der Waals surface area contributed by atoms with Crippen LogP contribution in [0.4, 0.5) is 5.69 Å². The fourth-order valence-electron chi connectivity index (χ4n) is 0.986. The Bertz CT molecular complexity index is 325. The number of benzene rings is 1. The summed E-state index contributed by atoms with van der Waals surface area (Å²) < 4.78 is 0.909. The van der Waals surface area contributed by atoms with Gasteiger partial charge in [0.15, 0.2) is 0 Å². The Hall–Kier alpha value is 0.580. The van der Waals surface area contributed by atoms with Crippen LogP contribution in [-0.4, -0.2) is 23.6 Å². The summed E-state index contributed by atoms with van der Waals surface area (Å²) >= 11 is 19.4. The van der Waals surface area contributed by atoms with Crippen LogP contribution < -0.4 is 5.32 Å². The number of nitrogens with one attached hydrogen (secondary N) is 1. The fraction of sp³-hybridized carbons (Fsp3) is 0.333. The van der Waals surface area contributed by atoms with Crippen LogP contribution in [0, 0.1) is 3.57 Å². The van der Waals surface area contributed by atoms with E-state index in [0.29, 0.717) is 16.6 Å². The van der Waals surface area contributed by atoms with Crippen LogP contribution in [0.5, 0.6) is 0 Å². The molecule has 0 aliphatic rings. The molecule has 0 saturated heterocycles. The predicted octanol–water partition coefficient (Wildman–Crippen LogP) is 3.61. The van der Waals surface area contributed by atoms with Gasteiger partial charge in [-0.25, -0.2) is 0 Å². The first-order chi connectivity index (χ1) is 7.04. The van der Waals surface area contributed by atoms with Crippen molar-refractivity contribution in [3.63, 3.8) is 0 Å². The SMILES string of the molecule is OC(CCl)CNc1c(Cl)cc(Cl)cc1I. The molecule has 0 spiro atoms. The van der Waals surface area contributed by atoms with Crippen LogP contribution in [0.1, 0.15) is 0 Å². The van der Waals surface area contributed by atoms with E-state index in [1.807, 2.05) is 0 Å². The van der Waals surface area contributed by atoms with E-state index in [0.717, 1.165) is 9.26 Å². The van der Waals surface area contributed by atoms with Gasteiger partial charge >= 0.3 is 0 Å². The highest BCUT2D eigenvalue weighted by molar-refractivity contribution is 14.1. The van der Waals surface area contributed by atoms with Crippen molar-refractivity contribution in [3.8, 4) is 0 Å². The summed E-state index contributed by atoms with van der Waals surface area (Å²) in [5.74, 6) is 0.189. The summed E-state index contributed by atoms with van der Waals surface area (Å²) in [6.07, 6.45) is -0.589. The molecule has 2 nitrogen and oxygen atoms in total. The van der Waals surface area contributed by atoms with E-state index in [-0.39, 0.29) is 5.88 Å². The number of alkyl halides is 1. The maximum Gasteiger partial charge on any atom is 0.0847 e. The van der Waals surface area contributed by atoms with Gasteiger partial charge in [-0.2, -0.15) is 0 Å². The maximum absolute atomic E-state index is 9.29. The molecular formula is C9H9Cl3INO. The van der Waals surface area contributed by atoms with E-state index in [9.17, 15) is 5.11 Å². The molecular weight excluding hydrogens is 371 g/mol. The van der Waals surface area contributed by atoms with Gasteiger partial charge in [-0.05, 0) is 34.7 Å². The maximum atomic E-state index is 9.29. The molecule has 0 radical (unpaired) electrons. The first kappa shape index (κ1) is 13.6. The molecule has 0 aliphatic heterocycles. The Balaban J connectivity index is 2.77. The zero-order valence-corrected chi connectivity index (χ0v) is 12.0. The van der Waals surface area contributed by atoms with Crippen molar-refractivity contribution in [1.82, 2.24) is 0 Å². The van der Waals surface area contributed by atoms with Crippen molar-refractivity contribution in [2.24, 2.45) is 0 Å². The largest absolute Gasteiger partial charge is 0.390 e. The van der Waals surface area contributed by atoms with Crippen LogP contribution in [0.2, 0.25) is 10.0 Å². The fourth-order valence-corrected chi connectivity index (χ4v) is 2.82. The van der Waals surface area contributed by atoms with Crippen LogP contribution in [0.3, 0.4) is 0 Å². The Labute approximate surface area is 117 Å². The van der Waals surface area contributed by atoms with E-state index in [1.165, 1.54) is 0 Å². The molecule has 1 atom stereocenters. The average molecular weight is 380 g/mol. The quantitative estimate of drug-likeness (QED) is 0.618. The van der Waals surface area contributed by atoms with Crippen LogP contribution in [0.15, 0.2) is 12.1 Å². The minimum Gasteiger partial charge on any atom is -0.390 e. The number of hydrogen-bond acceptors (Lipinski definition) is 2. The summed E-state index contributed by atoms with van der Waals surface area (Å²) in [5.41, 5.74) is 0.769.